The molecule has 0 saturated carbocycles. The van der Waals surface area contributed by atoms with Crippen molar-refractivity contribution >= 4 is 17.5 Å². The Morgan fingerprint density at radius 1 is 1.04 bits per heavy atom. The first-order valence-electron chi connectivity index (χ1n) is 8.48. The van der Waals surface area contributed by atoms with Crippen LogP contribution in [-0.2, 0) is 6.18 Å². The van der Waals surface area contributed by atoms with Gasteiger partial charge in [0.1, 0.15) is 5.82 Å². The van der Waals surface area contributed by atoms with E-state index in [0.717, 1.165) is 6.07 Å². The minimum Gasteiger partial charge on any atom is -0.394 e. The monoisotopic (exact) mass is 389 g/mol. The number of benzene rings is 1. The van der Waals surface area contributed by atoms with E-state index in [4.69, 9.17) is 0 Å². The number of aromatic nitrogens is 3. The number of rotatable bonds is 6. The zero-order valence-corrected chi connectivity index (χ0v) is 14.9. The number of alkyl halides is 3. The number of hydrogen-bond acceptors (Lipinski definition) is 6. The molecular formula is C19H18F3N5O. The fraction of sp³-hybridized carbons (Fsp3) is 0.211. The first-order valence-corrected chi connectivity index (χ1v) is 8.48. The zero-order valence-electron chi connectivity index (χ0n) is 14.9. The minimum atomic E-state index is -4.51. The van der Waals surface area contributed by atoms with Gasteiger partial charge in [-0.3, -0.25) is 4.98 Å². The van der Waals surface area contributed by atoms with Gasteiger partial charge in [0.25, 0.3) is 0 Å². The maximum absolute atomic E-state index is 13.3. The molecule has 0 radical (unpaired) electrons. The average molecular weight is 389 g/mol. The van der Waals surface area contributed by atoms with Crippen molar-refractivity contribution in [1.82, 2.24) is 15.0 Å². The molecule has 0 saturated heterocycles. The van der Waals surface area contributed by atoms with Crippen molar-refractivity contribution in [3.8, 4) is 11.4 Å². The Balaban J connectivity index is 2.02. The third-order valence-electron chi connectivity index (χ3n) is 3.80. The van der Waals surface area contributed by atoms with Gasteiger partial charge < -0.3 is 15.7 Å². The summed E-state index contributed by atoms with van der Waals surface area (Å²) in [5, 5.41) is 14.9. The molecule has 0 amide bonds. The molecule has 3 aromatic rings. The molecule has 0 aliphatic heterocycles. The van der Waals surface area contributed by atoms with E-state index < -0.39 is 11.7 Å². The van der Waals surface area contributed by atoms with Crippen LogP contribution in [0.2, 0.25) is 0 Å². The number of pyridine rings is 1. The van der Waals surface area contributed by atoms with Crippen LogP contribution in [0.25, 0.3) is 11.4 Å². The van der Waals surface area contributed by atoms with Gasteiger partial charge in [-0.1, -0.05) is 18.2 Å². The average Bonchev–Trinajstić information content (AvgIpc) is 2.68. The minimum absolute atomic E-state index is 0.123. The van der Waals surface area contributed by atoms with Crippen LogP contribution in [0.15, 0.2) is 54.7 Å². The van der Waals surface area contributed by atoms with Crippen molar-refractivity contribution in [1.29, 1.82) is 0 Å². The van der Waals surface area contributed by atoms with E-state index in [9.17, 15) is 18.3 Å². The molecule has 0 spiro atoms. The molecule has 146 valence electrons. The van der Waals surface area contributed by atoms with Gasteiger partial charge in [0, 0.05) is 18.3 Å². The Kier molecular flexibility index (Phi) is 5.74. The highest BCUT2D eigenvalue weighted by Crippen LogP contribution is 2.36. The second-order valence-electron chi connectivity index (χ2n) is 6.07. The number of halogens is 3. The molecule has 0 bridgehead atoms. The number of hydrogen-bond donors (Lipinski definition) is 3. The van der Waals surface area contributed by atoms with Crippen LogP contribution in [0.4, 0.5) is 30.6 Å². The zero-order chi connectivity index (χ0) is 20.1. The molecular weight excluding hydrogens is 371 g/mol. The van der Waals surface area contributed by atoms with E-state index in [1.807, 2.05) is 0 Å². The van der Waals surface area contributed by atoms with Crippen LogP contribution in [0.3, 0.4) is 0 Å². The molecule has 3 rings (SSSR count). The molecule has 28 heavy (non-hydrogen) atoms. The van der Waals surface area contributed by atoms with Gasteiger partial charge in [0.15, 0.2) is 0 Å². The smallest absolute Gasteiger partial charge is 0.394 e. The van der Waals surface area contributed by atoms with Crippen LogP contribution in [0.1, 0.15) is 12.5 Å². The van der Waals surface area contributed by atoms with E-state index in [1.54, 1.807) is 31.3 Å². The fourth-order valence-electron chi connectivity index (χ4n) is 2.46. The third kappa shape index (κ3) is 4.74. The lowest BCUT2D eigenvalue weighted by molar-refractivity contribution is -0.136. The molecule has 0 unspecified atom stereocenters. The number of nitrogens with one attached hydrogen (secondary N) is 2. The summed E-state index contributed by atoms with van der Waals surface area (Å²) in [7, 11) is 0. The molecule has 2 heterocycles. The van der Waals surface area contributed by atoms with Crippen LogP contribution >= 0.6 is 0 Å². The molecule has 3 N–H and O–H groups in total. The standard InChI is InChI=1S/C19H18F3N5O/c1-12(11-28)24-18-26-16(15-8-4-5-9-23-15)10-17(27-18)25-14-7-3-2-6-13(14)19(20,21)22/h2-10,12,28H,11H2,1H3,(H2,24,25,26,27)/t12-/m1/s1. The Morgan fingerprint density at radius 2 is 1.79 bits per heavy atom. The topological polar surface area (TPSA) is 83.0 Å². The Morgan fingerprint density at radius 3 is 2.46 bits per heavy atom. The highest BCUT2D eigenvalue weighted by atomic mass is 19.4. The van der Waals surface area contributed by atoms with Crippen molar-refractivity contribution in [2.45, 2.75) is 19.1 Å². The first-order chi connectivity index (χ1) is 13.4. The number of nitrogens with zero attached hydrogens (tertiary/aromatic N) is 3. The van der Waals surface area contributed by atoms with Crippen molar-refractivity contribution in [3.63, 3.8) is 0 Å². The lowest BCUT2D eigenvalue weighted by atomic mass is 10.1. The molecule has 6 nitrogen and oxygen atoms in total. The molecule has 0 fully saturated rings. The predicted molar refractivity (Wildman–Crippen MR) is 100 cm³/mol. The predicted octanol–water partition coefficient (Wildman–Crippen LogP) is 4.09. The summed E-state index contributed by atoms with van der Waals surface area (Å²) in [5.74, 6) is 0.330. The molecule has 2 aromatic heterocycles. The first kappa shape index (κ1) is 19.6. The number of para-hydroxylation sites is 1. The Bertz CT molecular complexity index is 934. The van der Waals surface area contributed by atoms with Gasteiger partial charge in [-0.2, -0.15) is 18.2 Å². The fourth-order valence-corrected chi connectivity index (χ4v) is 2.46. The highest BCUT2D eigenvalue weighted by Gasteiger charge is 2.33. The van der Waals surface area contributed by atoms with Crippen LogP contribution in [-0.4, -0.2) is 32.7 Å². The van der Waals surface area contributed by atoms with Crippen LogP contribution < -0.4 is 10.6 Å². The number of aliphatic hydroxyl groups is 1. The summed E-state index contributed by atoms with van der Waals surface area (Å²) < 4.78 is 39.8. The molecule has 0 aliphatic carbocycles. The maximum atomic E-state index is 13.3. The maximum Gasteiger partial charge on any atom is 0.418 e. The summed E-state index contributed by atoms with van der Waals surface area (Å²) in [6.45, 7) is 1.57. The summed E-state index contributed by atoms with van der Waals surface area (Å²) in [4.78, 5) is 12.8. The quantitative estimate of drug-likeness (QED) is 0.589. The van der Waals surface area contributed by atoms with E-state index in [2.05, 4.69) is 25.6 Å². The Hall–Kier alpha value is -3.20. The van der Waals surface area contributed by atoms with Crippen LogP contribution in [0.5, 0.6) is 0 Å². The summed E-state index contributed by atoms with van der Waals surface area (Å²) in [6.07, 6.45) is -2.92. The second kappa shape index (κ2) is 8.22. The van der Waals surface area contributed by atoms with Crippen molar-refractivity contribution < 1.29 is 18.3 Å². The van der Waals surface area contributed by atoms with Gasteiger partial charge in [-0.15, -0.1) is 0 Å². The van der Waals surface area contributed by atoms with E-state index in [0.29, 0.717) is 11.4 Å². The lowest BCUT2D eigenvalue weighted by Gasteiger charge is -2.16. The van der Waals surface area contributed by atoms with Gasteiger partial charge in [0.05, 0.1) is 29.2 Å². The number of aliphatic hydroxyl groups excluding tert-OH is 1. The van der Waals surface area contributed by atoms with E-state index in [1.165, 1.54) is 24.3 Å². The summed E-state index contributed by atoms with van der Waals surface area (Å²) in [6, 6.07) is 11.6. The largest absolute Gasteiger partial charge is 0.418 e. The highest BCUT2D eigenvalue weighted by molar-refractivity contribution is 5.67. The third-order valence-corrected chi connectivity index (χ3v) is 3.80. The summed E-state index contributed by atoms with van der Waals surface area (Å²) >= 11 is 0. The van der Waals surface area contributed by atoms with E-state index in [-0.39, 0.29) is 30.1 Å². The van der Waals surface area contributed by atoms with E-state index >= 15 is 0 Å². The Labute approximate surface area is 159 Å². The van der Waals surface area contributed by atoms with Crippen LogP contribution in [0, 0.1) is 0 Å². The van der Waals surface area contributed by atoms with Gasteiger partial charge in [-0.25, -0.2) is 4.98 Å². The van der Waals surface area contributed by atoms with Gasteiger partial charge in [0.2, 0.25) is 5.95 Å². The summed E-state index contributed by atoms with van der Waals surface area (Å²) in [5.41, 5.74) is 0.0417. The van der Waals surface area contributed by atoms with Crippen molar-refractivity contribution in [2.24, 2.45) is 0 Å². The lowest BCUT2D eigenvalue weighted by Crippen LogP contribution is -2.21. The number of anilines is 3. The van der Waals surface area contributed by atoms with Crippen molar-refractivity contribution in [2.75, 3.05) is 17.2 Å². The molecule has 1 atom stereocenters. The second-order valence-corrected chi connectivity index (χ2v) is 6.07. The molecule has 0 aliphatic rings. The SMILES string of the molecule is C[C@H](CO)Nc1nc(Nc2ccccc2C(F)(F)F)cc(-c2ccccn2)n1. The molecule has 1 aromatic carbocycles. The normalized spacial score (nSPS) is 12.5. The van der Waals surface area contributed by atoms with Gasteiger partial charge in [-0.05, 0) is 31.2 Å². The van der Waals surface area contributed by atoms with Crippen molar-refractivity contribution in [3.05, 3.63) is 60.3 Å². The van der Waals surface area contributed by atoms with Gasteiger partial charge >= 0.3 is 6.18 Å². The molecule has 9 heteroatoms.